The van der Waals surface area contributed by atoms with E-state index in [0.29, 0.717) is 48.7 Å². The molecule has 1 amide bonds. The van der Waals surface area contributed by atoms with Crippen LogP contribution in [0.4, 0.5) is 4.39 Å². The molecular weight excluding hydrogens is 313 g/mol. The molecule has 2 aromatic heterocycles. The number of halogens is 1. The van der Waals surface area contributed by atoms with Crippen LogP contribution in [0.3, 0.4) is 0 Å². The van der Waals surface area contributed by atoms with Crippen molar-refractivity contribution in [2.24, 2.45) is 0 Å². The Hall–Kier alpha value is -2.44. The van der Waals surface area contributed by atoms with E-state index in [-0.39, 0.29) is 17.9 Å². The average molecular weight is 333 g/mol. The lowest BCUT2D eigenvalue weighted by Crippen LogP contribution is -2.31. The molecule has 7 heteroatoms. The van der Waals surface area contributed by atoms with E-state index in [1.54, 1.807) is 17.9 Å². The van der Waals surface area contributed by atoms with Crippen LogP contribution in [-0.2, 0) is 6.42 Å². The predicted octanol–water partition coefficient (Wildman–Crippen LogP) is 2.68. The molecule has 0 aromatic carbocycles. The van der Waals surface area contributed by atoms with E-state index in [1.807, 2.05) is 13.8 Å². The number of hydrogen-bond donors (Lipinski definition) is 0. The molecule has 1 atom stereocenters. The van der Waals surface area contributed by atoms with Crippen LogP contribution in [0.2, 0.25) is 0 Å². The van der Waals surface area contributed by atoms with Crippen molar-refractivity contribution in [1.29, 1.82) is 0 Å². The number of hydrogen-bond acceptors (Lipinski definition) is 5. The standard InChI is InChI=1S/C17H20FN3O3/c1-4-14-15(18)16(20-9-19-14)24-12-5-6-21(8-12)17(22)13-7-10(2)23-11(13)3/h7,9,12H,4-6,8H2,1-3H3. The summed E-state index contributed by atoms with van der Waals surface area (Å²) in [5.41, 5.74) is 0.894. The molecule has 0 saturated carbocycles. The zero-order valence-corrected chi connectivity index (χ0v) is 14.0. The number of aryl methyl sites for hydroxylation is 3. The van der Waals surface area contributed by atoms with Gasteiger partial charge >= 0.3 is 0 Å². The summed E-state index contributed by atoms with van der Waals surface area (Å²) in [6.07, 6.45) is 2.12. The third-order valence-corrected chi connectivity index (χ3v) is 4.15. The van der Waals surface area contributed by atoms with Gasteiger partial charge in [-0.3, -0.25) is 4.79 Å². The molecular formula is C17H20FN3O3. The van der Waals surface area contributed by atoms with Crippen molar-refractivity contribution in [3.8, 4) is 5.88 Å². The van der Waals surface area contributed by atoms with Crippen LogP contribution in [0.1, 0.15) is 40.9 Å². The molecule has 6 nitrogen and oxygen atoms in total. The van der Waals surface area contributed by atoms with Crippen LogP contribution in [0.15, 0.2) is 16.8 Å². The minimum Gasteiger partial charge on any atom is -0.470 e. The molecule has 2 aromatic rings. The number of carbonyl (C=O) groups excluding carboxylic acids is 1. The molecule has 1 aliphatic rings. The molecule has 0 spiro atoms. The normalized spacial score (nSPS) is 17.3. The van der Waals surface area contributed by atoms with Gasteiger partial charge in [0.05, 0.1) is 17.8 Å². The van der Waals surface area contributed by atoms with Gasteiger partial charge in [0.2, 0.25) is 5.82 Å². The van der Waals surface area contributed by atoms with Gasteiger partial charge in [-0.1, -0.05) is 6.92 Å². The Morgan fingerprint density at radius 2 is 2.25 bits per heavy atom. The van der Waals surface area contributed by atoms with Crippen molar-refractivity contribution in [3.05, 3.63) is 41.0 Å². The minimum absolute atomic E-state index is 0.0449. The number of nitrogens with zero attached hydrogens (tertiary/aromatic N) is 3. The smallest absolute Gasteiger partial charge is 0.257 e. The first kappa shape index (κ1) is 16.4. The first-order valence-corrected chi connectivity index (χ1v) is 8.02. The van der Waals surface area contributed by atoms with Crippen molar-refractivity contribution in [2.45, 2.75) is 39.7 Å². The fourth-order valence-electron chi connectivity index (χ4n) is 2.90. The lowest BCUT2D eigenvalue weighted by atomic mass is 10.2. The van der Waals surface area contributed by atoms with Gasteiger partial charge in [-0.15, -0.1) is 0 Å². The fourth-order valence-corrected chi connectivity index (χ4v) is 2.90. The van der Waals surface area contributed by atoms with Gasteiger partial charge in [0.15, 0.2) is 0 Å². The summed E-state index contributed by atoms with van der Waals surface area (Å²) in [7, 11) is 0. The second kappa shape index (κ2) is 6.59. The van der Waals surface area contributed by atoms with Gasteiger partial charge < -0.3 is 14.1 Å². The predicted molar refractivity (Wildman–Crippen MR) is 84.5 cm³/mol. The topological polar surface area (TPSA) is 68.5 Å². The zero-order chi connectivity index (χ0) is 17.3. The number of ether oxygens (including phenoxy) is 1. The van der Waals surface area contributed by atoms with Crippen molar-refractivity contribution in [3.63, 3.8) is 0 Å². The summed E-state index contributed by atoms with van der Waals surface area (Å²) in [6, 6.07) is 1.74. The molecule has 0 aliphatic carbocycles. The van der Waals surface area contributed by atoms with Crippen LogP contribution >= 0.6 is 0 Å². The lowest BCUT2D eigenvalue weighted by Gasteiger charge is -2.17. The van der Waals surface area contributed by atoms with Gasteiger partial charge in [-0.2, -0.15) is 9.37 Å². The Bertz CT molecular complexity index is 760. The first-order chi connectivity index (χ1) is 11.5. The van der Waals surface area contributed by atoms with E-state index in [4.69, 9.17) is 9.15 Å². The summed E-state index contributed by atoms with van der Waals surface area (Å²) in [5, 5.41) is 0. The number of aromatic nitrogens is 2. The van der Waals surface area contributed by atoms with Crippen molar-refractivity contribution in [1.82, 2.24) is 14.9 Å². The van der Waals surface area contributed by atoms with Gasteiger partial charge in [0.1, 0.15) is 24.0 Å². The number of carbonyl (C=O) groups is 1. The summed E-state index contributed by atoms with van der Waals surface area (Å²) in [5.74, 6) is 0.657. The Morgan fingerprint density at radius 3 is 2.92 bits per heavy atom. The highest BCUT2D eigenvalue weighted by Crippen LogP contribution is 2.23. The highest BCUT2D eigenvalue weighted by Gasteiger charge is 2.31. The third-order valence-electron chi connectivity index (χ3n) is 4.15. The quantitative estimate of drug-likeness (QED) is 0.860. The highest BCUT2D eigenvalue weighted by atomic mass is 19.1. The molecule has 0 bridgehead atoms. The van der Waals surface area contributed by atoms with Gasteiger partial charge in [-0.05, 0) is 26.3 Å². The molecule has 1 fully saturated rings. The zero-order valence-electron chi connectivity index (χ0n) is 14.0. The lowest BCUT2D eigenvalue weighted by molar-refractivity contribution is 0.0768. The second-order valence-electron chi connectivity index (χ2n) is 5.90. The maximum atomic E-state index is 14.2. The maximum Gasteiger partial charge on any atom is 0.257 e. The highest BCUT2D eigenvalue weighted by molar-refractivity contribution is 5.95. The van der Waals surface area contributed by atoms with Crippen molar-refractivity contribution in [2.75, 3.05) is 13.1 Å². The molecule has 0 N–H and O–H groups in total. The monoisotopic (exact) mass is 333 g/mol. The summed E-state index contributed by atoms with van der Waals surface area (Å²) >= 11 is 0. The molecule has 1 saturated heterocycles. The van der Waals surface area contributed by atoms with E-state index in [9.17, 15) is 9.18 Å². The average Bonchev–Trinajstić information content (AvgIpc) is 3.15. The van der Waals surface area contributed by atoms with Crippen LogP contribution in [0.25, 0.3) is 0 Å². The van der Waals surface area contributed by atoms with Crippen molar-refractivity contribution < 1.29 is 18.3 Å². The molecule has 24 heavy (non-hydrogen) atoms. The first-order valence-electron chi connectivity index (χ1n) is 8.02. The third kappa shape index (κ3) is 3.11. The van der Waals surface area contributed by atoms with Gasteiger partial charge in [0, 0.05) is 13.0 Å². The summed E-state index contributed by atoms with van der Waals surface area (Å²) in [6.45, 7) is 6.35. The molecule has 1 aliphatic heterocycles. The Labute approximate surface area is 139 Å². The van der Waals surface area contributed by atoms with E-state index in [1.165, 1.54) is 6.33 Å². The minimum atomic E-state index is -0.522. The van der Waals surface area contributed by atoms with E-state index < -0.39 is 5.82 Å². The van der Waals surface area contributed by atoms with E-state index in [0.717, 1.165) is 0 Å². The number of rotatable bonds is 4. The fraction of sp³-hybridized carbons (Fsp3) is 0.471. The Morgan fingerprint density at radius 1 is 1.46 bits per heavy atom. The Balaban J connectivity index is 1.68. The number of amides is 1. The number of likely N-dealkylation sites (tertiary alicyclic amines) is 1. The maximum absolute atomic E-state index is 14.2. The summed E-state index contributed by atoms with van der Waals surface area (Å²) in [4.78, 5) is 22.0. The number of furan rings is 1. The molecule has 0 radical (unpaired) electrons. The van der Waals surface area contributed by atoms with Crippen LogP contribution in [0, 0.1) is 19.7 Å². The van der Waals surface area contributed by atoms with Crippen LogP contribution in [0.5, 0.6) is 5.88 Å². The second-order valence-corrected chi connectivity index (χ2v) is 5.90. The molecule has 3 heterocycles. The molecule has 128 valence electrons. The Kier molecular flexibility index (Phi) is 4.51. The SMILES string of the molecule is CCc1ncnc(OC2CCN(C(=O)c3cc(C)oc3C)C2)c1F. The van der Waals surface area contributed by atoms with E-state index >= 15 is 0 Å². The van der Waals surface area contributed by atoms with Crippen molar-refractivity contribution >= 4 is 5.91 Å². The van der Waals surface area contributed by atoms with E-state index in [2.05, 4.69) is 9.97 Å². The molecule has 3 rings (SSSR count). The largest absolute Gasteiger partial charge is 0.470 e. The van der Waals surface area contributed by atoms with Crippen LogP contribution < -0.4 is 4.74 Å². The van der Waals surface area contributed by atoms with Crippen LogP contribution in [-0.4, -0.2) is 40.0 Å². The van der Waals surface area contributed by atoms with Gasteiger partial charge in [0.25, 0.3) is 11.8 Å². The summed E-state index contributed by atoms with van der Waals surface area (Å²) < 4.78 is 25.2. The van der Waals surface area contributed by atoms with Gasteiger partial charge in [-0.25, -0.2) is 4.98 Å². The molecule has 1 unspecified atom stereocenters.